The largest absolute Gasteiger partial charge is 0.325 e. The van der Waals surface area contributed by atoms with E-state index in [0.717, 1.165) is 0 Å². The molecule has 1 aromatic carbocycles. The highest BCUT2D eigenvalue weighted by Crippen LogP contribution is 2.21. The standard InChI is InChI=1S/C12H16BrFN2O.ClH/c1-12(2,3)10(15)11(17)16-7-4-5-8(13)9(14)6-7;/h4-6,10H,15H2,1-3H3,(H,16,17);1H/t10-;/m1./s1. The molecule has 0 aliphatic rings. The smallest absolute Gasteiger partial charge is 0.241 e. The lowest BCUT2D eigenvalue weighted by Crippen LogP contribution is -2.45. The van der Waals surface area contributed by atoms with Gasteiger partial charge in [0.15, 0.2) is 0 Å². The van der Waals surface area contributed by atoms with Gasteiger partial charge in [-0.05, 0) is 39.5 Å². The Labute approximate surface area is 121 Å². The van der Waals surface area contributed by atoms with Gasteiger partial charge in [-0.1, -0.05) is 20.8 Å². The third-order valence-corrected chi connectivity index (χ3v) is 3.05. The molecule has 102 valence electrons. The van der Waals surface area contributed by atoms with Crippen LogP contribution in [0.5, 0.6) is 0 Å². The van der Waals surface area contributed by atoms with Crippen molar-refractivity contribution in [1.29, 1.82) is 0 Å². The van der Waals surface area contributed by atoms with Gasteiger partial charge in [0.25, 0.3) is 0 Å². The number of hydrogen-bond donors (Lipinski definition) is 2. The average Bonchev–Trinajstić information content (AvgIpc) is 2.21. The number of nitrogens with two attached hydrogens (primary N) is 1. The Morgan fingerprint density at radius 3 is 2.44 bits per heavy atom. The second kappa shape index (κ2) is 6.50. The zero-order chi connectivity index (χ0) is 13.2. The fourth-order valence-corrected chi connectivity index (χ4v) is 1.43. The van der Waals surface area contributed by atoms with E-state index in [0.29, 0.717) is 10.2 Å². The maximum atomic E-state index is 13.2. The molecule has 3 N–H and O–H groups in total. The van der Waals surface area contributed by atoms with Crippen molar-refractivity contribution in [2.45, 2.75) is 26.8 Å². The van der Waals surface area contributed by atoms with Crippen molar-refractivity contribution in [2.75, 3.05) is 5.32 Å². The highest BCUT2D eigenvalue weighted by Gasteiger charge is 2.27. The summed E-state index contributed by atoms with van der Waals surface area (Å²) in [5.74, 6) is -0.744. The lowest BCUT2D eigenvalue weighted by Gasteiger charge is -2.25. The van der Waals surface area contributed by atoms with Crippen LogP contribution in [0.3, 0.4) is 0 Å². The number of benzene rings is 1. The van der Waals surface area contributed by atoms with E-state index in [9.17, 15) is 9.18 Å². The number of carbonyl (C=O) groups excluding carboxylic acids is 1. The summed E-state index contributed by atoms with van der Waals surface area (Å²) in [5.41, 5.74) is 5.86. The van der Waals surface area contributed by atoms with Crippen LogP contribution in [-0.4, -0.2) is 11.9 Å². The summed E-state index contributed by atoms with van der Waals surface area (Å²) in [5, 5.41) is 2.59. The van der Waals surface area contributed by atoms with Crippen LogP contribution in [0.2, 0.25) is 0 Å². The normalized spacial score (nSPS) is 12.6. The molecule has 0 saturated heterocycles. The van der Waals surface area contributed by atoms with Gasteiger partial charge in [-0.15, -0.1) is 12.4 Å². The molecule has 0 aliphatic heterocycles. The molecule has 0 radical (unpaired) electrons. The first-order chi connectivity index (χ1) is 7.71. The van der Waals surface area contributed by atoms with Crippen LogP contribution in [0, 0.1) is 11.2 Å². The molecule has 1 aromatic rings. The molecule has 0 heterocycles. The first-order valence-electron chi connectivity index (χ1n) is 5.23. The molecular formula is C12H17BrClFN2O. The third-order valence-electron chi connectivity index (χ3n) is 2.40. The van der Waals surface area contributed by atoms with Gasteiger partial charge in [0.05, 0.1) is 10.5 Å². The van der Waals surface area contributed by atoms with Crippen LogP contribution in [-0.2, 0) is 4.79 Å². The van der Waals surface area contributed by atoms with Crippen molar-refractivity contribution in [2.24, 2.45) is 11.1 Å². The zero-order valence-corrected chi connectivity index (χ0v) is 12.9. The number of hydrogen-bond acceptors (Lipinski definition) is 2. The van der Waals surface area contributed by atoms with Gasteiger partial charge in [0.1, 0.15) is 5.82 Å². The Morgan fingerprint density at radius 2 is 2.00 bits per heavy atom. The molecule has 1 rings (SSSR count). The van der Waals surface area contributed by atoms with Crippen molar-refractivity contribution >= 4 is 39.9 Å². The molecule has 6 heteroatoms. The summed E-state index contributed by atoms with van der Waals surface area (Å²) < 4.78 is 13.6. The fraction of sp³-hybridized carbons (Fsp3) is 0.417. The van der Waals surface area contributed by atoms with Crippen LogP contribution in [0.4, 0.5) is 10.1 Å². The van der Waals surface area contributed by atoms with Crippen LogP contribution in [0.1, 0.15) is 20.8 Å². The number of rotatable bonds is 2. The predicted molar refractivity (Wildman–Crippen MR) is 77.4 cm³/mol. The van der Waals surface area contributed by atoms with E-state index in [4.69, 9.17) is 5.73 Å². The van der Waals surface area contributed by atoms with Crippen LogP contribution < -0.4 is 11.1 Å². The van der Waals surface area contributed by atoms with Gasteiger partial charge < -0.3 is 11.1 Å². The Kier molecular flexibility index (Phi) is 6.26. The van der Waals surface area contributed by atoms with Gasteiger partial charge in [0.2, 0.25) is 5.91 Å². The van der Waals surface area contributed by atoms with Crippen molar-refractivity contribution < 1.29 is 9.18 Å². The van der Waals surface area contributed by atoms with Crippen LogP contribution in [0.15, 0.2) is 22.7 Å². The second-order valence-electron chi connectivity index (χ2n) is 4.96. The van der Waals surface area contributed by atoms with E-state index in [2.05, 4.69) is 21.2 Å². The first kappa shape index (κ1) is 17.4. The summed E-state index contributed by atoms with van der Waals surface area (Å²) >= 11 is 3.04. The maximum absolute atomic E-state index is 13.2. The number of carbonyl (C=O) groups is 1. The maximum Gasteiger partial charge on any atom is 0.241 e. The number of amides is 1. The summed E-state index contributed by atoms with van der Waals surface area (Å²) in [6.45, 7) is 5.62. The molecule has 0 aliphatic carbocycles. The Morgan fingerprint density at radius 1 is 1.44 bits per heavy atom. The summed E-state index contributed by atoms with van der Waals surface area (Å²) in [6, 6.07) is 3.75. The minimum Gasteiger partial charge on any atom is -0.325 e. The van der Waals surface area contributed by atoms with Crippen molar-refractivity contribution in [1.82, 2.24) is 0 Å². The summed E-state index contributed by atoms with van der Waals surface area (Å²) in [4.78, 5) is 11.8. The van der Waals surface area contributed by atoms with Crippen molar-refractivity contribution in [3.8, 4) is 0 Å². The molecular weight excluding hydrogens is 322 g/mol. The summed E-state index contributed by atoms with van der Waals surface area (Å²) in [7, 11) is 0. The van der Waals surface area contributed by atoms with Crippen molar-refractivity contribution in [3.05, 3.63) is 28.5 Å². The van der Waals surface area contributed by atoms with Gasteiger partial charge in [0, 0.05) is 5.69 Å². The minimum absolute atomic E-state index is 0. The molecule has 1 atom stereocenters. The molecule has 3 nitrogen and oxygen atoms in total. The quantitative estimate of drug-likeness (QED) is 0.868. The molecule has 18 heavy (non-hydrogen) atoms. The molecule has 0 fully saturated rings. The topological polar surface area (TPSA) is 55.1 Å². The Bertz CT molecular complexity index is 435. The minimum atomic E-state index is -0.644. The van der Waals surface area contributed by atoms with Crippen LogP contribution >= 0.6 is 28.3 Å². The van der Waals surface area contributed by atoms with E-state index < -0.39 is 11.9 Å². The fourth-order valence-electron chi connectivity index (χ4n) is 1.19. The predicted octanol–water partition coefficient (Wildman–Crippen LogP) is 3.32. The van der Waals surface area contributed by atoms with E-state index in [1.807, 2.05) is 20.8 Å². The molecule has 0 saturated carbocycles. The SMILES string of the molecule is CC(C)(C)[C@H](N)C(=O)Nc1ccc(Br)c(F)c1.Cl. The van der Waals surface area contributed by atoms with E-state index in [-0.39, 0.29) is 23.7 Å². The number of halogens is 3. The highest BCUT2D eigenvalue weighted by atomic mass is 79.9. The molecule has 0 unspecified atom stereocenters. The van der Waals surface area contributed by atoms with Gasteiger partial charge in [-0.3, -0.25) is 4.79 Å². The Hall–Kier alpha value is -0.650. The van der Waals surface area contributed by atoms with E-state index >= 15 is 0 Å². The van der Waals surface area contributed by atoms with Gasteiger partial charge in [-0.2, -0.15) is 0 Å². The lowest BCUT2D eigenvalue weighted by atomic mass is 9.87. The second-order valence-corrected chi connectivity index (χ2v) is 5.82. The lowest BCUT2D eigenvalue weighted by molar-refractivity contribution is -0.119. The number of nitrogens with one attached hydrogen (secondary N) is 1. The van der Waals surface area contributed by atoms with Gasteiger partial charge in [-0.25, -0.2) is 4.39 Å². The third kappa shape index (κ3) is 4.55. The molecule has 1 amide bonds. The van der Waals surface area contributed by atoms with E-state index in [1.165, 1.54) is 12.1 Å². The van der Waals surface area contributed by atoms with Gasteiger partial charge >= 0.3 is 0 Å². The van der Waals surface area contributed by atoms with E-state index in [1.54, 1.807) is 6.07 Å². The summed E-state index contributed by atoms with van der Waals surface area (Å²) in [6.07, 6.45) is 0. The Balaban J connectivity index is 0.00000289. The highest BCUT2D eigenvalue weighted by molar-refractivity contribution is 9.10. The average molecular weight is 340 g/mol. The van der Waals surface area contributed by atoms with Crippen LogP contribution in [0.25, 0.3) is 0 Å². The zero-order valence-electron chi connectivity index (χ0n) is 10.5. The molecule has 0 spiro atoms. The molecule has 0 aromatic heterocycles. The monoisotopic (exact) mass is 338 g/mol. The molecule has 0 bridgehead atoms. The van der Waals surface area contributed by atoms with Crippen molar-refractivity contribution in [3.63, 3.8) is 0 Å². The number of anilines is 1. The first-order valence-corrected chi connectivity index (χ1v) is 6.02.